The second-order valence-electron chi connectivity index (χ2n) is 6.90. The zero-order valence-corrected chi connectivity index (χ0v) is 16.7. The smallest absolute Gasteiger partial charge is 0.293 e. The second kappa shape index (κ2) is 7.81. The molecule has 0 radical (unpaired) electrons. The van der Waals surface area contributed by atoms with Crippen LogP contribution in [0.2, 0.25) is 0 Å². The lowest BCUT2D eigenvalue weighted by Crippen LogP contribution is -2.36. The summed E-state index contributed by atoms with van der Waals surface area (Å²) in [5.74, 6) is 1.12. The van der Waals surface area contributed by atoms with Gasteiger partial charge in [-0.1, -0.05) is 0 Å². The maximum absolute atomic E-state index is 12.5. The average Bonchev–Trinajstić information content (AvgIpc) is 3.47. The van der Waals surface area contributed by atoms with Gasteiger partial charge in [-0.05, 0) is 24.3 Å². The van der Waals surface area contributed by atoms with Crippen LogP contribution in [0.25, 0.3) is 0 Å². The highest BCUT2D eigenvalue weighted by Gasteiger charge is 2.23. The molecule has 2 aliphatic heterocycles. The highest BCUT2D eigenvalue weighted by Crippen LogP contribution is 2.34. The van der Waals surface area contributed by atoms with E-state index in [2.05, 4.69) is 20.5 Å². The Morgan fingerprint density at radius 3 is 2.93 bits per heavy atom. The van der Waals surface area contributed by atoms with E-state index in [0.717, 1.165) is 23.5 Å². The van der Waals surface area contributed by atoms with Crippen LogP contribution in [0.5, 0.6) is 11.5 Å². The van der Waals surface area contributed by atoms with E-state index in [0.29, 0.717) is 28.9 Å². The summed E-state index contributed by atoms with van der Waals surface area (Å²) in [5.41, 5.74) is 1.63. The number of benzene rings is 1. The fourth-order valence-electron chi connectivity index (χ4n) is 3.38. The van der Waals surface area contributed by atoms with Crippen molar-refractivity contribution >= 4 is 34.0 Å². The molecular formula is C20H18N4O5S. The largest absolute Gasteiger partial charge is 0.459 e. The summed E-state index contributed by atoms with van der Waals surface area (Å²) < 4.78 is 15.7. The van der Waals surface area contributed by atoms with Crippen LogP contribution in [0.15, 0.2) is 41.0 Å². The van der Waals surface area contributed by atoms with Crippen molar-refractivity contribution in [3.63, 3.8) is 0 Å². The number of fused-ring (bicyclic) bond motifs is 2. The molecule has 0 fully saturated rings. The number of nitrogens with zero attached hydrogens (tertiary/aromatic N) is 2. The molecule has 154 valence electrons. The monoisotopic (exact) mass is 426 g/mol. The van der Waals surface area contributed by atoms with E-state index < -0.39 is 0 Å². The summed E-state index contributed by atoms with van der Waals surface area (Å²) in [4.78, 5) is 32.2. The first kappa shape index (κ1) is 18.6. The Morgan fingerprint density at radius 1 is 1.17 bits per heavy atom. The Labute approximate surface area is 175 Å². The van der Waals surface area contributed by atoms with Crippen molar-refractivity contribution in [1.82, 2.24) is 9.88 Å². The molecule has 0 bridgehead atoms. The third-order valence-electron chi connectivity index (χ3n) is 4.80. The van der Waals surface area contributed by atoms with Crippen molar-refractivity contribution in [3.05, 3.63) is 52.9 Å². The van der Waals surface area contributed by atoms with Gasteiger partial charge in [-0.25, -0.2) is 4.98 Å². The van der Waals surface area contributed by atoms with Crippen LogP contribution in [-0.2, 0) is 17.8 Å². The van der Waals surface area contributed by atoms with Crippen LogP contribution in [0, 0.1) is 0 Å². The maximum Gasteiger partial charge on any atom is 0.293 e. The van der Waals surface area contributed by atoms with Gasteiger partial charge in [0.15, 0.2) is 22.4 Å². The Hall–Kier alpha value is -3.37. The third-order valence-corrected chi connectivity index (χ3v) is 5.80. The summed E-state index contributed by atoms with van der Waals surface area (Å²) in [6, 6.07) is 8.58. The molecule has 3 aromatic rings. The van der Waals surface area contributed by atoms with Crippen LogP contribution in [0.4, 0.5) is 10.8 Å². The molecule has 9 nitrogen and oxygen atoms in total. The summed E-state index contributed by atoms with van der Waals surface area (Å²) in [6.07, 6.45) is 2.17. The Kier molecular flexibility index (Phi) is 4.85. The van der Waals surface area contributed by atoms with Crippen molar-refractivity contribution in [2.24, 2.45) is 0 Å². The van der Waals surface area contributed by atoms with Gasteiger partial charge in [-0.3, -0.25) is 19.8 Å². The van der Waals surface area contributed by atoms with Crippen LogP contribution >= 0.6 is 11.3 Å². The van der Waals surface area contributed by atoms with Crippen molar-refractivity contribution in [3.8, 4) is 11.5 Å². The van der Waals surface area contributed by atoms with Gasteiger partial charge in [-0.2, -0.15) is 0 Å². The van der Waals surface area contributed by atoms with Gasteiger partial charge in [-0.15, -0.1) is 11.3 Å². The highest BCUT2D eigenvalue weighted by molar-refractivity contribution is 7.15. The lowest BCUT2D eigenvalue weighted by atomic mass is 10.2. The highest BCUT2D eigenvalue weighted by atomic mass is 32.1. The van der Waals surface area contributed by atoms with E-state index in [9.17, 15) is 9.59 Å². The molecule has 2 amide bonds. The van der Waals surface area contributed by atoms with E-state index in [-0.39, 0.29) is 30.9 Å². The van der Waals surface area contributed by atoms with E-state index in [4.69, 9.17) is 13.9 Å². The molecule has 5 rings (SSSR count). The number of aromatic nitrogens is 1. The van der Waals surface area contributed by atoms with Crippen molar-refractivity contribution < 1.29 is 23.5 Å². The molecule has 0 unspecified atom stereocenters. The molecule has 1 aromatic carbocycles. The van der Waals surface area contributed by atoms with Gasteiger partial charge < -0.3 is 19.2 Å². The van der Waals surface area contributed by atoms with Gasteiger partial charge >= 0.3 is 0 Å². The van der Waals surface area contributed by atoms with Gasteiger partial charge in [0.1, 0.15) is 0 Å². The normalized spacial score (nSPS) is 14.9. The number of hydrogen-bond donors (Lipinski definition) is 2. The number of ether oxygens (including phenoxy) is 2. The standard InChI is InChI=1S/C20H18N4O5S/c25-18(21-12-3-4-14-16(8-12)29-11-28-14)10-24-6-5-13-17(9-24)30-20(22-13)23-19(26)15-2-1-7-27-15/h1-4,7-8H,5-6,9-11H2,(H,21,25)(H,22,23,26). The number of anilines is 2. The number of thiazole rings is 1. The van der Waals surface area contributed by atoms with Gasteiger partial charge in [0.25, 0.3) is 5.91 Å². The molecule has 0 saturated heterocycles. The lowest BCUT2D eigenvalue weighted by Gasteiger charge is -2.25. The SMILES string of the molecule is O=C(CN1CCc2nc(NC(=O)c3ccco3)sc2C1)Nc1ccc2c(c1)OCO2. The molecule has 0 spiro atoms. The van der Waals surface area contributed by atoms with Crippen LogP contribution in [0.3, 0.4) is 0 Å². The predicted octanol–water partition coefficient (Wildman–Crippen LogP) is 2.71. The summed E-state index contributed by atoms with van der Waals surface area (Å²) in [7, 11) is 0. The molecule has 10 heteroatoms. The van der Waals surface area contributed by atoms with E-state index >= 15 is 0 Å². The van der Waals surface area contributed by atoms with Crippen molar-refractivity contribution in [1.29, 1.82) is 0 Å². The number of amides is 2. The molecule has 0 aliphatic carbocycles. The topological polar surface area (TPSA) is 106 Å². The number of nitrogens with one attached hydrogen (secondary N) is 2. The maximum atomic E-state index is 12.5. The number of furan rings is 1. The summed E-state index contributed by atoms with van der Waals surface area (Å²) in [5, 5.41) is 6.19. The number of carbonyl (C=O) groups is 2. The number of hydrogen-bond acceptors (Lipinski definition) is 8. The zero-order chi connectivity index (χ0) is 20.5. The zero-order valence-electron chi connectivity index (χ0n) is 15.8. The third kappa shape index (κ3) is 3.87. The fourth-order valence-corrected chi connectivity index (χ4v) is 4.43. The van der Waals surface area contributed by atoms with Gasteiger partial charge in [0.2, 0.25) is 12.7 Å². The molecule has 0 atom stereocenters. The van der Waals surface area contributed by atoms with Crippen molar-refractivity contribution in [2.75, 3.05) is 30.5 Å². The number of rotatable bonds is 5. The average molecular weight is 426 g/mol. The predicted molar refractivity (Wildman–Crippen MR) is 109 cm³/mol. The van der Waals surface area contributed by atoms with Gasteiger partial charge in [0.05, 0.1) is 18.5 Å². The molecule has 4 heterocycles. The van der Waals surface area contributed by atoms with E-state index in [1.165, 1.54) is 17.6 Å². The lowest BCUT2D eigenvalue weighted by molar-refractivity contribution is -0.117. The van der Waals surface area contributed by atoms with Gasteiger partial charge in [0, 0.05) is 36.1 Å². The first-order chi connectivity index (χ1) is 14.6. The first-order valence-electron chi connectivity index (χ1n) is 9.39. The number of carbonyl (C=O) groups excluding carboxylic acids is 2. The summed E-state index contributed by atoms with van der Waals surface area (Å²) in [6.45, 7) is 1.79. The van der Waals surface area contributed by atoms with Crippen LogP contribution in [-0.4, -0.2) is 41.6 Å². The quantitative estimate of drug-likeness (QED) is 0.646. The Morgan fingerprint density at radius 2 is 2.07 bits per heavy atom. The second-order valence-corrected chi connectivity index (χ2v) is 7.98. The minimum atomic E-state index is -0.328. The van der Waals surface area contributed by atoms with Crippen LogP contribution in [0.1, 0.15) is 21.1 Å². The first-order valence-corrected chi connectivity index (χ1v) is 10.2. The molecule has 2 N–H and O–H groups in total. The van der Waals surface area contributed by atoms with E-state index in [1.807, 2.05) is 0 Å². The van der Waals surface area contributed by atoms with E-state index in [1.54, 1.807) is 30.3 Å². The molecule has 0 saturated carbocycles. The minimum Gasteiger partial charge on any atom is -0.459 e. The molecule has 2 aliphatic rings. The Bertz CT molecular complexity index is 1090. The molecular weight excluding hydrogens is 408 g/mol. The van der Waals surface area contributed by atoms with Crippen molar-refractivity contribution in [2.45, 2.75) is 13.0 Å². The van der Waals surface area contributed by atoms with Crippen LogP contribution < -0.4 is 20.1 Å². The molecule has 30 heavy (non-hydrogen) atoms. The minimum absolute atomic E-state index is 0.104. The summed E-state index contributed by atoms with van der Waals surface area (Å²) >= 11 is 1.42. The molecule has 2 aromatic heterocycles. The Balaban J connectivity index is 1.18. The fraction of sp³-hybridized carbons (Fsp3) is 0.250.